The average molecular weight is 370 g/mol. The molecule has 1 saturated heterocycles. The number of aromatic nitrogens is 6. The Morgan fingerprint density at radius 1 is 1.35 bits per heavy atom. The Morgan fingerprint density at radius 3 is 3.04 bits per heavy atom. The van der Waals surface area contributed by atoms with Gasteiger partial charge in [0.25, 0.3) is 0 Å². The van der Waals surface area contributed by atoms with Crippen LogP contribution in [0.4, 0.5) is 5.13 Å². The van der Waals surface area contributed by atoms with Crippen LogP contribution in [0.5, 0.6) is 0 Å². The Kier molecular flexibility index (Phi) is 4.35. The van der Waals surface area contributed by atoms with E-state index in [1.54, 1.807) is 35.1 Å². The average Bonchev–Trinajstić information content (AvgIpc) is 3.41. The fraction of sp³-hybridized carbons (Fsp3) is 0.267. The number of carbonyl (C=O) groups is 2. The molecule has 3 aromatic heterocycles. The Labute approximate surface area is 151 Å². The summed E-state index contributed by atoms with van der Waals surface area (Å²) in [4.78, 5) is 42.5. The lowest BCUT2D eigenvalue weighted by atomic mass is 10.1. The highest BCUT2D eigenvalue weighted by molar-refractivity contribution is 7.13. The van der Waals surface area contributed by atoms with Gasteiger partial charge in [-0.3, -0.25) is 24.6 Å². The van der Waals surface area contributed by atoms with Crippen molar-refractivity contribution in [2.24, 2.45) is 5.92 Å². The molecule has 3 aromatic rings. The third-order valence-corrected chi connectivity index (χ3v) is 4.69. The van der Waals surface area contributed by atoms with Crippen LogP contribution in [0, 0.1) is 5.92 Å². The number of thiazole rings is 1. The molecule has 4 rings (SSSR count). The number of amides is 2. The molecule has 0 saturated carbocycles. The predicted molar refractivity (Wildman–Crippen MR) is 91.8 cm³/mol. The summed E-state index contributed by atoms with van der Waals surface area (Å²) < 4.78 is 0. The van der Waals surface area contributed by atoms with E-state index in [9.17, 15) is 9.59 Å². The number of carbonyl (C=O) groups excluding carboxylic acids is 2. The van der Waals surface area contributed by atoms with Crippen LogP contribution in [0.25, 0.3) is 11.5 Å². The largest absolute Gasteiger partial charge is 0.349 e. The lowest BCUT2D eigenvalue weighted by molar-refractivity contribution is -0.126. The van der Waals surface area contributed by atoms with Gasteiger partial charge in [-0.1, -0.05) is 0 Å². The molecule has 1 atom stereocenters. The Balaban J connectivity index is 1.35. The molecule has 1 aliphatic heterocycles. The normalized spacial score (nSPS) is 16.8. The maximum atomic E-state index is 12.4. The first-order chi connectivity index (χ1) is 12.7. The second kappa shape index (κ2) is 6.96. The molecule has 11 heteroatoms. The molecule has 4 heterocycles. The van der Waals surface area contributed by atoms with E-state index in [-0.39, 0.29) is 24.8 Å². The van der Waals surface area contributed by atoms with Crippen molar-refractivity contribution in [1.82, 2.24) is 35.5 Å². The van der Waals surface area contributed by atoms with E-state index in [2.05, 4.69) is 35.5 Å². The van der Waals surface area contributed by atoms with Gasteiger partial charge in [0.2, 0.25) is 17.6 Å². The molecule has 2 amide bonds. The number of aromatic amines is 1. The number of rotatable bonds is 5. The first-order valence-corrected chi connectivity index (χ1v) is 8.74. The summed E-state index contributed by atoms with van der Waals surface area (Å²) in [7, 11) is 0. The van der Waals surface area contributed by atoms with Crippen molar-refractivity contribution in [2.75, 3.05) is 11.4 Å². The second-order valence-electron chi connectivity index (χ2n) is 5.63. The number of hydrogen-bond donors (Lipinski definition) is 2. The van der Waals surface area contributed by atoms with Crippen molar-refractivity contribution in [1.29, 1.82) is 0 Å². The summed E-state index contributed by atoms with van der Waals surface area (Å²) in [5.41, 5.74) is 0.543. The van der Waals surface area contributed by atoms with Crippen LogP contribution in [0.3, 0.4) is 0 Å². The predicted octanol–water partition coefficient (Wildman–Crippen LogP) is 0.387. The van der Waals surface area contributed by atoms with Crippen LogP contribution in [0.15, 0.2) is 30.2 Å². The summed E-state index contributed by atoms with van der Waals surface area (Å²) in [6.07, 6.45) is 6.49. The van der Waals surface area contributed by atoms with Crippen LogP contribution in [0.2, 0.25) is 0 Å². The van der Waals surface area contributed by atoms with Crippen LogP contribution in [0.1, 0.15) is 12.2 Å². The number of anilines is 1. The van der Waals surface area contributed by atoms with Gasteiger partial charge in [0.1, 0.15) is 11.5 Å². The van der Waals surface area contributed by atoms with Gasteiger partial charge in [-0.25, -0.2) is 15.0 Å². The van der Waals surface area contributed by atoms with Gasteiger partial charge in [0.15, 0.2) is 5.13 Å². The minimum atomic E-state index is -0.409. The van der Waals surface area contributed by atoms with Crippen LogP contribution in [-0.2, 0) is 16.1 Å². The molecule has 1 unspecified atom stereocenters. The molecule has 0 radical (unpaired) electrons. The van der Waals surface area contributed by atoms with E-state index in [0.29, 0.717) is 29.0 Å². The second-order valence-corrected chi connectivity index (χ2v) is 6.51. The SMILES string of the molecule is O=C(NCc1nc(-c2cnccn2)n[nH]1)C1CC(=O)N(c2nccs2)C1. The molecule has 0 spiro atoms. The van der Waals surface area contributed by atoms with E-state index in [1.807, 2.05) is 0 Å². The molecule has 10 nitrogen and oxygen atoms in total. The van der Waals surface area contributed by atoms with Crippen molar-refractivity contribution in [3.63, 3.8) is 0 Å². The van der Waals surface area contributed by atoms with Gasteiger partial charge in [0, 0.05) is 36.9 Å². The van der Waals surface area contributed by atoms with Crippen molar-refractivity contribution in [2.45, 2.75) is 13.0 Å². The van der Waals surface area contributed by atoms with Crippen molar-refractivity contribution >= 4 is 28.3 Å². The summed E-state index contributed by atoms with van der Waals surface area (Å²) in [6.45, 7) is 0.521. The fourth-order valence-electron chi connectivity index (χ4n) is 2.64. The number of H-pyrrole nitrogens is 1. The topological polar surface area (TPSA) is 130 Å². The van der Waals surface area contributed by atoms with Gasteiger partial charge >= 0.3 is 0 Å². The molecule has 1 fully saturated rings. The molecule has 1 aliphatic rings. The summed E-state index contributed by atoms with van der Waals surface area (Å²) in [5, 5.41) is 12.0. The standard InChI is InChI=1S/C15H14N8O2S/c24-12-5-9(8-23(12)15-18-3-4-26-15)14(25)19-7-11-20-13(22-21-11)10-6-16-1-2-17-10/h1-4,6,9H,5,7-8H2,(H,19,25)(H,20,21,22). The third kappa shape index (κ3) is 3.28. The summed E-state index contributed by atoms with van der Waals surface area (Å²) in [6, 6.07) is 0. The monoisotopic (exact) mass is 370 g/mol. The minimum absolute atomic E-state index is 0.0929. The Morgan fingerprint density at radius 2 is 2.27 bits per heavy atom. The molecule has 0 aliphatic carbocycles. The highest BCUT2D eigenvalue weighted by atomic mass is 32.1. The van der Waals surface area contributed by atoms with E-state index in [4.69, 9.17) is 0 Å². The van der Waals surface area contributed by atoms with Crippen molar-refractivity contribution in [3.8, 4) is 11.5 Å². The zero-order valence-corrected chi connectivity index (χ0v) is 14.3. The molecular weight excluding hydrogens is 356 g/mol. The molecule has 26 heavy (non-hydrogen) atoms. The number of hydrogen-bond acceptors (Lipinski definition) is 8. The van der Waals surface area contributed by atoms with E-state index >= 15 is 0 Å². The van der Waals surface area contributed by atoms with Gasteiger partial charge in [0.05, 0.1) is 18.7 Å². The summed E-state index contributed by atoms with van der Waals surface area (Å²) >= 11 is 1.38. The first kappa shape index (κ1) is 16.3. The van der Waals surface area contributed by atoms with E-state index in [1.165, 1.54) is 11.3 Å². The van der Waals surface area contributed by atoms with Gasteiger partial charge in [-0.2, -0.15) is 5.10 Å². The van der Waals surface area contributed by atoms with Gasteiger partial charge in [-0.15, -0.1) is 11.3 Å². The summed E-state index contributed by atoms with van der Waals surface area (Å²) in [5.74, 6) is 0.210. The molecule has 0 bridgehead atoms. The highest BCUT2D eigenvalue weighted by Gasteiger charge is 2.36. The molecular formula is C15H14N8O2S. The van der Waals surface area contributed by atoms with Crippen LogP contribution >= 0.6 is 11.3 Å². The number of nitrogens with zero attached hydrogens (tertiary/aromatic N) is 6. The lowest BCUT2D eigenvalue weighted by Crippen LogP contribution is -2.32. The van der Waals surface area contributed by atoms with Gasteiger partial charge < -0.3 is 5.32 Å². The van der Waals surface area contributed by atoms with E-state index < -0.39 is 5.92 Å². The highest BCUT2D eigenvalue weighted by Crippen LogP contribution is 2.26. The van der Waals surface area contributed by atoms with Crippen LogP contribution in [-0.4, -0.2) is 48.5 Å². The smallest absolute Gasteiger partial charge is 0.229 e. The van der Waals surface area contributed by atoms with E-state index in [0.717, 1.165) is 0 Å². The lowest BCUT2D eigenvalue weighted by Gasteiger charge is -2.12. The molecule has 132 valence electrons. The van der Waals surface area contributed by atoms with Crippen molar-refractivity contribution in [3.05, 3.63) is 36.0 Å². The quantitative estimate of drug-likeness (QED) is 0.664. The van der Waals surface area contributed by atoms with Gasteiger partial charge in [-0.05, 0) is 0 Å². The Hall–Kier alpha value is -3.21. The zero-order valence-electron chi connectivity index (χ0n) is 13.5. The molecule has 0 aromatic carbocycles. The maximum absolute atomic E-state index is 12.4. The number of nitrogens with one attached hydrogen (secondary N) is 2. The maximum Gasteiger partial charge on any atom is 0.229 e. The zero-order chi connectivity index (χ0) is 17.9. The molecule has 2 N–H and O–H groups in total. The third-order valence-electron chi connectivity index (χ3n) is 3.90. The fourth-order valence-corrected chi connectivity index (χ4v) is 3.30. The van der Waals surface area contributed by atoms with Crippen LogP contribution < -0.4 is 10.2 Å². The van der Waals surface area contributed by atoms with Crippen molar-refractivity contribution < 1.29 is 9.59 Å². The Bertz CT molecular complexity index is 911. The first-order valence-electron chi connectivity index (χ1n) is 7.86. The minimum Gasteiger partial charge on any atom is -0.349 e.